The summed E-state index contributed by atoms with van der Waals surface area (Å²) in [7, 11) is 3.17. The van der Waals surface area contributed by atoms with E-state index in [9.17, 15) is 0 Å². The number of rotatable bonds is 5. The van der Waals surface area contributed by atoms with E-state index >= 15 is 0 Å². The summed E-state index contributed by atoms with van der Waals surface area (Å²) in [6, 6.07) is 1.94. The van der Waals surface area contributed by atoms with Crippen molar-refractivity contribution in [2.45, 2.75) is 25.4 Å². The van der Waals surface area contributed by atoms with Gasteiger partial charge in [-0.3, -0.25) is 4.68 Å². The summed E-state index contributed by atoms with van der Waals surface area (Å²) in [6.45, 7) is 1.65. The average Bonchev–Trinajstić information content (AvgIpc) is 3.16. The van der Waals surface area contributed by atoms with E-state index in [4.69, 9.17) is 15.2 Å². The SMILES string of the molecule is COc1cc(OC)nc(N2CCCC2Cn2cc(N)cn2)n1. The van der Waals surface area contributed by atoms with E-state index < -0.39 is 0 Å². The van der Waals surface area contributed by atoms with Crippen molar-refractivity contribution in [3.63, 3.8) is 0 Å². The minimum absolute atomic E-state index is 0.274. The molecule has 1 saturated heterocycles. The van der Waals surface area contributed by atoms with Crippen molar-refractivity contribution in [3.05, 3.63) is 18.5 Å². The summed E-state index contributed by atoms with van der Waals surface area (Å²) in [6.07, 6.45) is 5.64. The van der Waals surface area contributed by atoms with Crippen LogP contribution in [0.15, 0.2) is 18.5 Å². The van der Waals surface area contributed by atoms with Crippen LogP contribution in [0, 0.1) is 0 Å². The van der Waals surface area contributed by atoms with Gasteiger partial charge < -0.3 is 20.1 Å². The van der Waals surface area contributed by atoms with E-state index in [0.29, 0.717) is 23.4 Å². The third kappa shape index (κ3) is 2.90. The number of aromatic nitrogens is 4. The third-order valence-corrected chi connectivity index (χ3v) is 3.77. The lowest BCUT2D eigenvalue weighted by Crippen LogP contribution is -2.34. The van der Waals surface area contributed by atoms with Crippen LogP contribution in [0.2, 0.25) is 0 Å². The van der Waals surface area contributed by atoms with Crippen molar-refractivity contribution in [1.82, 2.24) is 19.7 Å². The molecule has 2 aromatic rings. The van der Waals surface area contributed by atoms with E-state index in [0.717, 1.165) is 25.9 Å². The summed E-state index contributed by atoms with van der Waals surface area (Å²) in [5, 5.41) is 4.25. The zero-order valence-electron chi connectivity index (χ0n) is 12.8. The summed E-state index contributed by atoms with van der Waals surface area (Å²) in [4.78, 5) is 11.0. The van der Waals surface area contributed by atoms with Crippen molar-refractivity contribution in [1.29, 1.82) is 0 Å². The predicted molar refractivity (Wildman–Crippen MR) is 82.1 cm³/mol. The highest BCUT2D eigenvalue weighted by molar-refractivity contribution is 5.39. The monoisotopic (exact) mass is 304 g/mol. The van der Waals surface area contributed by atoms with Crippen molar-refractivity contribution in [2.24, 2.45) is 0 Å². The molecular formula is C14H20N6O2. The van der Waals surface area contributed by atoms with Crippen LogP contribution < -0.4 is 20.1 Å². The minimum atomic E-state index is 0.274. The summed E-state index contributed by atoms with van der Waals surface area (Å²) >= 11 is 0. The first kappa shape index (κ1) is 14.4. The van der Waals surface area contributed by atoms with Crippen molar-refractivity contribution in [2.75, 3.05) is 31.4 Å². The number of nitrogen functional groups attached to an aromatic ring is 1. The lowest BCUT2D eigenvalue weighted by Gasteiger charge is -2.25. The molecule has 1 aliphatic rings. The van der Waals surface area contributed by atoms with Crippen LogP contribution in [0.5, 0.6) is 11.8 Å². The maximum Gasteiger partial charge on any atom is 0.232 e. The second-order valence-electron chi connectivity index (χ2n) is 5.24. The molecule has 2 N–H and O–H groups in total. The normalized spacial score (nSPS) is 17.7. The number of ether oxygens (including phenoxy) is 2. The van der Waals surface area contributed by atoms with Crippen LogP contribution in [-0.4, -0.2) is 46.6 Å². The molecule has 0 aliphatic carbocycles. The molecule has 1 unspecified atom stereocenters. The number of hydrogen-bond acceptors (Lipinski definition) is 7. The van der Waals surface area contributed by atoms with Gasteiger partial charge >= 0.3 is 0 Å². The van der Waals surface area contributed by atoms with E-state index in [1.807, 2.05) is 10.9 Å². The van der Waals surface area contributed by atoms with Crippen LogP contribution in [0.3, 0.4) is 0 Å². The van der Waals surface area contributed by atoms with Gasteiger partial charge in [0, 0.05) is 12.7 Å². The molecule has 22 heavy (non-hydrogen) atoms. The van der Waals surface area contributed by atoms with Gasteiger partial charge in [-0.25, -0.2) is 0 Å². The summed E-state index contributed by atoms with van der Waals surface area (Å²) in [5.41, 5.74) is 6.39. The molecule has 8 heteroatoms. The molecule has 0 amide bonds. The maximum absolute atomic E-state index is 5.72. The minimum Gasteiger partial charge on any atom is -0.481 e. The molecule has 1 atom stereocenters. The van der Waals surface area contributed by atoms with Crippen molar-refractivity contribution >= 4 is 11.6 Å². The Hall–Kier alpha value is -2.51. The highest BCUT2D eigenvalue weighted by Crippen LogP contribution is 2.27. The predicted octanol–water partition coefficient (Wildman–Crippen LogP) is 0.941. The van der Waals surface area contributed by atoms with E-state index in [1.165, 1.54) is 0 Å². The molecule has 1 aliphatic heterocycles. The molecule has 1 fully saturated rings. The van der Waals surface area contributed by atoms with Crippen molar-refractivity contribution in [3.8, 4) is 11.8 Å². The van der Waals surface area contributed by atoms with Crippen molar-refractivity contribution < 1.29 is 9.47 Å². The topological polar surface area (TPSA) is 91.3 Å². The fourth-order valence-electron chi connectivity index (χ4n) is 2.71. The average molecular weight is 304 g/mol. The maximum atomic E-state index is 5.72. The molecule has 8 nitrogen and oxygen atoms in total. The first-order chi connectivity index (χ1) is 10.7. The molecular weight excluding hydrogens is 284 g/mol. The molecule has 3 heterocycles. The lowest BCUT2D eigenvalue weighted by atomic mass is 10.2. The van der Waals surface area contributed by atoms with Crippen LogP contribution in [0.4, 0.5) is 11.6 Å². The number of anilines is 2. The number of hydrogen-bond donors (Lipinski definition) is 1. The quantitative estimate of drug-likeness (QED) is 0.879. The Kier molecular flexibility index (Phi) is 3.99. The van der Waals surface area contributed by atoms with Gasteiger partial charge in [0.25, 0.3) is 0 Å². The Morgan fingerprint density at radius 1 is 1.27 bits per heavy atom. The van der Waals surface area contributed by atoms with Crippen LogP contribution in [0.25, 0.3) is 0 Å². The van der Waals surface area contributed by atoms with E-state index in [2.05, 4.69) is 20.0 Å². The van der Waals surface area contributed by atoms with Gasteiger partial charge in [0.2, 0.25) is 17.7 Å². The van der Waals surface area contributed by atoms with Gasteiger partial charge in [-0.2, -0.15) is 15.1 Å². The molecule has 0 radical (unpaired) electrons. The molecule has 0 saturated carbocycles. The Balaban J connectivity index is 1.83. The van der Waals surface area contributed by atoms with Gasteiger partial charge in [-0.15, -0.1) is 0 Å². The van der Waals surface area contributed by atoms with Crippen LogP contribution >= 0.6 is 0 Å². The molecule has 118 valence electrons. The second-order valence-corrected chi connectivity index (χ2v) is 5.24. The van der Waals surface area contributed by atoms with Gasteiger partial charge in [0.1, 0.15) is 0 Å². The van der Waals surface area contributed by atoms with Gasteiger partial charge in [-0.1, -0.05) is 0 Å². The summed E-state index contributed by atoms with van der Waals surface area (Å²) in [5.74, 6) is 1.62. The molecule has 0 bridgehead atoms. The zero-order chi connectivity index (χ0) is 15.5. The lowest BCUT2D eigenvalue weighted by molar-refractivity contribution is 0.370. The molecule has 3 rings (SSSR count). The highest BCUT2D eigenvalue weighted by Gasteiger charge is 2.28. The fraction of sp³-hybridized carbons (Fsp3) is 0.500. The third-order valence-electron chi connectivity index (χ3n) is 3.77. The largest absolute Gasteiger partial charge is 0.481 e. The van der Waals surface area contributed by atoms with Gasteiger partial charge in [-0.05, 0) is 12.8 Å². The van der Waals surface area contributed by atoms with Crippen LogP contribution in [0.1, 0.15) is 12.8 Å². The van der Waals surface area contributed by atoms with E-state index in [-0.39, 0.29) is 6.04 Å². The summed E-state index contributed by atoms with van der Waals surface area (Å²) < 4.78 is 12.3. The Morgan fingerprint density at radius 2 is 2.00 bits per heavy atom. The fourth-order valence-corrected chi connectivity index (χ4v) is 2.71. The van der Waals surface area contributed by atoms with Crippen LogP contribution in [-0.2, 0) is 6.54 Å². The Bertz CT molecular complexity index is 622. The smallest absolute Gasteiger partial charge is 0.232 e. The number of nitrogens with zero attached hydrogens (tertiary/aromatic N) is 5. The Labute approximate surface area is 128 Å². The second kappa shape index (κ2) is 6.08. The number of nitrogens with two attached hydrogens (primary N) is 1. The molecule has 0 aromatic carbocycles. The highest BCUT2D eigenvalue weighted by atomic mass is 16.5. The first-order valence-corrected chi connectivity index (χ1v) is 7.21. The van der Waals surface area contributed by atoms with E-state index in [1.54, 1.807) is 26.5 Å². The molecule has 2 aromatic heterocycles. The standard InChI is InChI=1S/C14H20N6O2/c1-21-12-6-13(22-2)18-14(17-12)20-5-3-4-11(20)9-19-8-10(15)7-16-19/h6-8,11H,3-5,9,15H2,1-2H3. The first-order valence-electron chi connectivity index (χ1n) is 7.21. The van der Waals surface area contributed by atoms with Gasteiger partial charge in [0.15, 0.2) is 0 Å². The van der Waals surface area contributed by atoms with Gasteiger partial charge in [0.05, 0.1) is 44.8 Å². The number of methoxy groups -OCH3 is 2. The zero-order valence-corrected chi connectivity index (χ0v) is 12.8. The molecule has 0 spiro atoms. The Morgan fingerprint density at radius 3 is 2.59 bits per heavy atom.